The molecule has 2 aromatic rings. The molecule has 0 radical (unpaired) electrons. The third-order valence-corrected chi connectivity index (χ3v) is 4.13. The molecule has 0 aromatic heterocycles. The number of hydrogen-bond donors (Lipinski definition) is 2. The topological polar surface area (TPSA) is 67.4 Å². The summed E-state index contributed by atoms with van der Waals surface area (Å²) in [6.45, 7) is 5.56. The van der Waals surface area contributed by atoms with Crippen LogP contribution in [0.1, 0.15) is 37.6 Å². The van der Waals surface area contributed by atoms with Gasteiger partial charge in [0.1, 0.15) is 5.75 Å². The molecule has 0 fully saturated rings. The molecule has 2 amide bonds. The van der Waals surface area contributed by atoms with E-state index >= 15 is 0 Å². The van der Waals surface area contributed by atoms with Gasteiger partial charge in [-0.2, -0.15) is 0 Å². The van der Waals surface area contributed by atoms with Gasteiger partial charge < -0.3 is 15.4 Å². The summed E-state index contributed by atoms with van der Waals surface area (Å²) in [5, 5.41) is 6.19. The van der Waals surface area contributed by atoms with Gasteiger partial charge in [-0.05, 0) is 50.6 Å². The fourth-order valence-electron chi connectivity index (χ4n) is 2.23. The number of anilines is 1. The van der Waals surface area contributed by atoms with Crippen LogP contribution in [0.15, 0.2) is 48.5 Å². The lowest BCUT2D eigenvalue weighted by Gasteiger charge is -2.17. The molecule has 0 saturated heterocycles. The van der Waals surface area contributed by atoms with Crippen LogP contribution in [0.3, 0.4) is 0 Å². The maximum atomic E-state index is 12.5. The summed E-state index contributed by atoms with van der Waals surface area (Å²) in [4.78, 5) is 24.9. The molecule has 0 aliphatic carbocycles. The van der Waals surface area contributed by atoms with Gasteiger partial charge in [-0.1, -0.05) is 36.7 Å². The van der Waals surface area contributed by atoms with Crippen LogP contribution in [0.5, 0.6) is 5.75 Å². The van der Waals surface area contributed by atoms with Gasteiger partial charge in [-0.15, -0.1) is 0 Å². The highest BCUT2D eigenvalue weighted by atomic mass is 35.5. The van der Waals surface area contributed by atoms with E-state index in [1.54, 1.807) is 55.5 Å². The predicted octanol–water partition coefficient (Wildman–Crippen LogP) is 4.27. The van der Waals surface area contributed by atoms with E-state index in [2.05, 4.69) is 10.6 Å². The van der Waals surface area contributed by atoms with Crippen molar-refractivity contribution in [3.8, 4) is 5.75 Å². The van der Waals surface area contributed by atoms with Crippen LogP contribution in [0.25, 0.3) is 0 Å². The fourth-order valence-corrected chi connectivity index (χ4v) is 2.41. The molecular formula is C20H23ClN2O3. The molecule has 2 N–H and O–H groups in total. The van der Waals surface area contributed by atoms with E-state index in [4.69, 9.17) is 16.3 Å². The first-order chi connectivity index (χ1) is 12.4. The first-order valence-corrected chi connectivity index (χ1v) is 8.91. The Kier molecular flexibility index (Phi) is 7.04. The van der Waals surface area contributed by atoms with Crippen molar-refractivity contribution in [1.82, 2.24) is 5.32 Å². The first kappa shape index (κ1) is 19.8. The maximum Gasteiger partial charge on any atom is 0.265 e. The molecule has 0 saturated carbocycles. The molecule has 5 nitrogen and oxygen atoms in total. The van der Waals surface area contributed by atoms with E-state index in [9.17, 15) is 9.59 Å². The van der Waals surface area contributed by atoms with Crippen molar-refractivity contribution in [2.75, 3.05) is 5.32 Å². The minimum Gasteiger partial charge on any atom is -0.481 e. The smallest absolute Gasteiger partial charge is 0.265 e. The number of benzene rings is 2. The Hall–Kier alpha value is -2.53. The zero-order valence-corrected chi connectivity index (χ0v) is 15.8. The van der Waals surface area contributed by atoms with Gasteiger partial charge in [0, 0.05) is 11.1 Å². The molecule has 2 rings (SSSR count). The number of rotatable bonds is 7. The summed E-state index contributed by atoms with van der Waals surface area (Å²) < 4.78 is 5.61. The molecule has 0 aliphatic heterocycles. The van der Waals surface area contributed by atoms with Gasteiger partial charge in [-0.3, -0.25) is 9.59 Å². The van der Waals surface area contributed by atoms with Gasteiger partial charge in [0.05, 0.1) is 11.3 Å². The summed E-state index contributed by atoms with van der Waals surface area (Å²) in [6, 6.07) is 13.8. The van der Waals surface area contributed by atoms with Gasteiger partial charge in [-0.25, -0.2) is 0 Å². The number of carbonyl (C=O) groups is 2. The number of carbonyl (C=O) groups excluding carboxylic acids is 2. The Morgan fingerprint density at radius 1 is 1.12 bits per heavy atom. The maximum absolute atomic E-state index is 12.5. The van der Waals surface area contributed by atoms with E-state index in [1.807, 2.05) is 13.8 Å². The third kappa shape index (κ3) is 5.49. The Labute approximate surface area is 158 Å². The van der Waals surface area contributed by atoms with E-state index < -0.39 is 6.10 Å². The Morgan fingerprint density at radius 3 is 2.54 bits per heavy atom. The van der Waals surface area contributed by atoms with Crippen molar-refractivity contribution in [1.29, 1.82) is 0 Å². The molecule has 26 heavy (non-hydrogen) atoms. The van der Waals surface area contributed by atoms with E-state index in [1.165, 1.54) is 0 Å². The normalized spacial score (nSPS) is 12.8. The van der Waals surface area contributed by atoms with Crippen LogP contribution < -0.4 is 15.4 Å². The number of ether oxygens (including phenoxy) is 1. The minimum atomic E-state index is -0.751. The average molecular weight is 375 g/mol. The van der Waals surface area contributed by atoms with Gasteiger partial charge in [0.15, 0.2) is 6.10 Å². The average Bonchev–Trinajstić information content (AvgIpc) is 2.61. The van der Waals surface area contributed by atoms with E-state index in [0.29, 0.717) is 22.0 Å². The highest BCUT2D eigenvalue weighted by Gasteiger charge is 2.19. The third-order valence-electron chi connectivity index (χ3n) is 3.90. The van der Waals surface area contributed by atoms with Crippen molar-refractivity contribution in [2.24, 2.45) is 0 Å². The van der Waals surface area contributed by atoms with Crippen molar-refractivity contribution in [2.45, 2.75) is 39.3 Å². The van der Waals surface area contributed by atoms with Crippen LogP contribution in [-0.2, 0) is 4.79 Å². The standard InChI is InChI=1S/C20H23ClN2O3/c1-4-13(2)22-20(25)17-10-5-6-11-18(17)23-19(24)14(3)26-16-9-7-8-15(21)12-16/h5-14H,4H2,1-3H3,(H,22,25)(H,23,24)/t13-,14-/m1/s1. The Bertz CT molecular complexity index is 779. The van der Waals surface area contributed by atoms with Crippen molar-refractivity contribution < 1.29 is 14.3 Å². The molecule has 2 aromatic carbocycles. The quantitative estimate of drug-likeness (QED) is 0.760. The van der Waals surface area contributed by atoms with Crippen LogP contribution in [-0.4, -0.2) is 24.0 Å². The van der Waals surface area contributed by atoms with E-state index in [0.717, 1.165) is 6.42 Å². The van der Waals surface area contributed by atoms with Crippen LogP contribution in [0.2, 0.25) is 5.02 Å². The summed E-state index contributed by atoms with van der Waals surface area (Å²) in [7, 11) is 0. The van der Waals surface area contributed by atoms with Crippen LogP contribution in [0.4, 0.5) is 5.69 Å². The SMILES string of the molecule is CC[C@@H](C)NC(=O)c1ccccc1NC(=O)[C@@H](C)Oc1cccc(Cl)c1. The number of halogens is 1. The highest BCUT2D eigenvalue weighted by Crippen LogP contribution is 2.20. The van der Waals surface area contributed by atoms with Crippen molar-refractivity contribution in [3.63, 3.8) is 0 Å². The predicted molar refractivity (Wildman–Crippen MR) is 104 cm³/mol. The zero-order valence-electron chi connectivity index (χ0n) is 15.1. The lowest BCUT2D eigenvalue weighted by atomic mass is 10.1. The number of hydrogen-bond acceptors (Lipinski definition) is 3. The molecule has 0 aliphatic rings. The largest absolute Gasteiger partial charge is 0.481 e. The van der Waals surface area contributed by atoms with Crippen LogP contribution >= 0.6 is 11.6 Å². The minimum absolute atomic E-state index is 0.0522. The molecule has 0 unspecified atom stereocenters. The van der Waals surface area contributed by atoms with Gasteiger partial charge in [0.2, 0.25) is 0 Å². The highest BCUT2D eigenvalue weighted by molar-refractivity contribution is 6.30. The van der Waals surface area contributed by atoms with Crippen molar-refractivity contribution >= 4 is 29.1 Å². The van der Waals surface area contributed by atoms with Crippen molar-refractivity contribution in [3.05, 3.63) is 59.1 Å². The van der Waals surface area contributed by atoms with E-state index in [-0.39, 0.29) is 17.9 Å². The molecule has 0 spiro atoms. The number of para-hydroxylation sites is 1. The van der Waals surface area contributed by atoms with Gasteiger partial charge in [0.25, 0.3) is 11.8 Å². The molecule has 6 heteroatoms. The monoisotopic (exact) mass is 374 g/mol. The number of amides is 2. The molecule has 138 valence electrons. The molecule has 0 bridgehead atoms. The lowest BCUT2D eigenvalue weighted by molar-refractivity contribution is -0.122. The molecular weight excluding hydrogens is 352 g/mol. The fraction of sp³-hybridized carbons (Fsp3) is 0.300. The zero-order chi connectivity index (χ0) is 19.1. The summed E-state index contributed by atoms with van der Waals surface area (Å²) in [5.41, 5.74) is 0.857. The Morgan fingerprint density at radius 2 is 1.85 bits per heavy atom. The summed E-state index contributed by atoms with van der Waals surface area (Å²) in [6.07, 6.45) is 0.0734. The second-order valence-electron chi connectivity index (χ2n) is 6.04. The summed E-state index contributed by atoms with van der Waals surface area (Å²) >= 11 is 5.92. The van der Waals surface area contributed by atoms with Gasteiger partial charge >= 0.3 is 0 Å². The first-order valence-electron chi connectivity index (χ1n) is 8.53. The second kappa shape index (κ2) is 9.25. The summed E-state index contributed by atoms with van der Waals surface area (Å²) in [5.74, 6) is -0.0737. The molecule has 2 atom stereocenters. The number of nitrogens with one attached hydrogen (secondary N) is 2. The lowest BCUT2D eigenvalue weighted by Crippen LogP contribution is -2.34. The van der Waals surface area contributed by atoms with Crippen LogP contribution in [0, 0.1) is 0 Å². The Balaban J connectivity index is 2.07. The second-order valence-corrected chi connectivity index (χ2v) is 6.47. The molecule has 0 heterocycles.